The second kappa shape index (κ2) is 8.92. The van der Waals surface area contributed by atoms with Crippen LogP contribution in [-0.4, -0.2) is 49.2 Å². The van der Waals surface area contributed by atoms with Crippen LogP contribution in [0.2, 0.25) is 0 Å². The number of nitrogens with zero attached hydrogens (tertiary/aromatic N) is 6. The van der Waals surface area contributed by atoms with Crippen molar-refractivity contribution in [1.82, 2.24) is 30.1 Å². The maximum absolute atomic E-state index is 14.7. The maximum atomic E-state index is 14.7. The van der Waals surface area contributed by atoms with Crippen LogP contribution in [-0.2, 0) is 6.54 Å². The highest BCUT2D eigenvalue weighted by atomic mass is 19.3. The minimum atomic E-state index is -2.88. The van der Waals surface area contributed by atoms with Crippen molar-refractivity contribution < 1.29 is 17.6 Å². The van der Waals surface area contributed by atoms with Gasteiger partial charge in [-0.05, 0) is 36.6 Å². The minimum absolute atomic E-state index is 0.157. The topological polar surface area (TPSA) is 72.9 Å². The van der Waals surface area contributed by atoms with Crippen molar-refractivity contribution in [3.8, 4) is 22.7 Å². The van der Waals surface area contributed by atoms with Crippen molar-refractivity contribution in [3.63, 3.8) is 0 Å². The molecule has 35 heavy (non-hydrogen) atoms. The molecule has 0 unspecified atom stereocenters. The zero-order valence-electron chi connectivity index (χ0n) is 18.8. The Hall–Kier alpha value is -3.53. The summed E-state index contributed by atoms with van der Waals surface area (Å²) in [5, 5.41) is 15.3. The Morgan fingerprint density at radius 2 is 1.86 bits per heavy atom. The van der Waals surface area contributed by atoms with E-state index in [2.05, 4.69) is 37.5 Å². The summed E-state index contributed by atoms with van der Waals surface area (Å²) in [5.41, 5.74) is 3.62. The second-order valence-corrected chi connectivity index (χ2v) is 9.21. The average molecular weight is 480 g/mol. The first-order valence-electron chi connectivity index (χ1n) is 11.7. The monoisotopic (exact) mass is 480 g/mol. The molecule has 2 aromatic carbocycles. The zero-order chi connectivity index (χ0) is 23.9. The van der Waals surface area contributed by atoms with Gasteiger partial charge in [0.2, 0.25) is 5.89 Å². The molecular weight excluding hydrogens is 457 g/mol. The number of likely N-dealkylation sites (tertiary alicyclic amines) is 1. The van der Waals surface area contributed by atoms with Gasteiger partial charge in [-0.2, -0.15) is 8.78 Å². The molecule has 0 radical (unpaired) electrons. The van der Waals surface area contributed by atoms with Crippen LogP contribution in [0.3, 0.4) is 0 Å². The Labute approximate surface area is 199 Å². The number of aromatic nitrogens is 5. The van der Waals surface area contributed by atoms with Crippen LogP contribution in [0.15, 0.2) is 53.1 Å². The molecule has 0 atom stereocenters. The van der Waals surface area contributed by atoms with E-state index >= 15 is 0 Å². The molecule has 0 spiro atoms. The van der Waals surface area contributed by atoms with Crippen molar-refractivity contribution in [2.24, 2.45) is 0 Å². The van der Waals surface area contributed by atoms with Crippen LogP contribution >= 0.6 is 0 Å². The molecule has 2 aromatic heterocycles. The van der Waals surface area contributed by atoms with Gasteiger partial charge in [-0.1, -0.05) is 35.9 Å². The Balaban J connectivity index is 1.14. The Kier molecular flexibility index (Phi) is 5.60. The van der Waals surface area contributed by atoms with Crippen LogP contribution in [0, 0.1) is 5.82 Å². The first-order valence-corrected chi connectivity index (χ1v) is 11.7. The maximum Gasteiger partial charge on any atom is 0.314 e. The van der Waals surface area contributed by atoms with Crippen molar-refractivity contribution in [3.05, 3.63) is 71.5 Å². The van der Waals surface area contributed by atoms with E-state index in [9.17, 15) is 13.2 Å². The molecule has 1 aliphatic carbocycles. The van der Waals surface area contributed by atoms with Gasteiger partial charge in [0, 0.05) is 41.7 Å². The highest BCUT2D eigenvalue weighted by Crippen LogP contribution is 2.36. The van der Waals surface area contributed by atoms with Gasteiger partial charge in [-0.15, -0.1) is 15.3 Å². The number of halogens is 3. The fourth-order valence-electron chi connectivity index (χ4n) is 4.66. The summed E-state index contributed by atoms with van der Waals surface area (Å²) in [6.45, 7) is 2.40. The highest BCUT2D eigenvalue weighted by molar-refractivity contribution is 5.59. The van der Waals surface area contributed by atoms with Gasteiger partial charge in [0.05, 0.1) is 12.7 Å². The lowest BCUT2D eigenvalue weighted by Crippen LogP contribution is -2.53. The molecule has 1 saturated heterocycles. The molecule has 1 saturated carbocycles. The zero-order valence-corrected chi connectivity index (χ0v) is 18.8. The number of alkyl halides is 2. The third-order valence-electron chi connectivity index (χ3n) is 6.95. The van der Waals surface area contributed by atoms with Crippen molar-refractivity contribution in [2.45, 2.75) is 44.2 Å². The van der Waals surface area contributed by atoms with Crippen molar-refractivity contribution >= 4 is 0 Å². The van der Waals surface area contributed by atoms with E-state index in [4.69, 9.17) is 4.42 Å². The first kappa shape index (κ1) is 22.0. The predicted molar refractivity (Wildman–Crippen MR) is 121 cm³/mol. The van der Waals surface area contributed by atoms with E-state index in [0.29, 0.717) is 11.5 Å². The van der Waals surface area contributed by atoms with E-state index < -0.39 is 18.1 Å². The Morgan fingerprint density at radius 1 is 1.00 bits per heavy atom. The third-order valence-corrected chi connectivity index (χ3v) is 6.95. The van der Waals surface area contributed by atoms with Gasteiger partial charge >= 0.3 is 6.43 Å². The normalized spacial score (nSPS) is 17.0. The van der Waals surface area contributed by atoms with Gasteiger partial charge in [0.25, 0.3) is 5.89 Å². The van der Waals surface area contributed by atoms with Gasteiger partial charge < -0.3 is 4.42 Å². The molecule has 180 valence electrons. The van der Waals surface area contributed by atoms with Gasteiger partial charge in [0.15, 0.2) is 0 Å². The second-order valence-electron chi connectivity index (χ2n) is 9.21. The molecule has 4 aromatic rings. The average Bonchev–Trinajstić information content (AvgIpc) is 3.46. The van der Waals surface area contributed by atoms with Gasteiger partial charge in [-0.3, -0.25) is 4.90 Å². The number of rotatable bonds is 7. The Morgan fingerprint density at radius 3 is 2.57 bits per heavy atom. The summed E-state index contributed by atoms with van der Waals surface area (Å²) in [7, 11) is 0. The lowest BCUT2D eigenvalue weighted by molar-refractivity contribution is 0.0476. The summed E-state index contributed by atoms with van der Waals surface area (Å²) in [4.78, 5) is 2.58. The molecular formula is C25H23F3N6O. The molecule has 7 nitrogen and oxygen atoms in total. The van der Waals surface area contributed by atoms with E-state index in [0.717, 1.165) is 30.4 Å². The lowest BCUT2D eigenvalue weighted by atomic mass is 9.83. The summed E-state index contributed by atoms with van der Waals surface area (Å²) < 4.78 is 46.5. The van der Waals surface area contributed by atoms with E-state index in [-0.39, 0.29) is 18.0 Å². The largest absolute Gasteiger partial charge is 0.415 e. The van der Waals surface area contributed by atoms with Crippen molar-refractivity contribution in [1.29, 1.82) is 0 Å². The molecule has 0 amide bonds. The van der Waals surface area contributed by atoms with Crippen LogP contribution < -0.4 is 0 Å². The Bertz CT molecular complexity index is 1340. The molecule has 1 aliphatic heterocycles. The van der Waals surface area contributed by atoms with Gasteiger partial charge in [0.1, 0.15) is 11.5 Å². The molecule has 6 rings (SSSR count). The molecule has 2 fully saturated rings. The molecule has 10 heteroatoms. The van der Waals surface area contributed by atoms with Crippen molar-refractivity contribution in [2.75, 3.05) is 13.1 Å². The highest BCUT2D eigenvalue weighted by Gasteiger charge is 2.35. The molecule has 2 aliphatic rings. The lowest BCUT2D eigenvalue weighted by Gasteiger charge is -2.48. The van der Waals surface area contributed by atoms with Crippen LogP contribution in [0.5, 0.6) is 0 Å². The predicted octanol–water partition coefficient (Wildman–Crippen LogP) is 5.07. The van der Waals surface area contributed by atoms with E-state index in [1.165, 1.54) is 30.9 Å². The summed E-state index contributed by atoms with van der Waals surface area (Å²) >= 11 is 0. The molecule has 0 N–H and O–H groups in total. The van der Waals surface area contributed by atoms with E-state index in [1.54, 1.807) is 23.0 Å². The summed E-state index contributed by atoms with van der Waals surface area (Å²) in [6.07, 6.45) is 2.93. The minimum Gasteiger partial charge on any atom is -0.415 e. The van der Waals surface area contributed by atoms with Crippen LogP contribution in [0.4, 0.5) is 13.2 Å². The van der Waals surface area contributed by atoms with Crippen LogP contribution in [0.25, 0.3) is 22.7 Å². The summed E-state index contributed by atoms with van der Waals surface area (Å²) in [5.74, 6) is -0.930. The quantitative estimate of drug-likeness (QED) is 0.368. The third kappa shape index (κ3) is 4.34. The number of hydrogen-bond acceptors (Lipinski definition) is 6. The standard InChI is InChI=1S/C25H23F3N6O/c26-21-10-17(24-30-31-25(35-24)23(27)28)7-8-18(21)13-34-14-22(29-32-34)16-4-1-3-15(9-16)19-11-33(12-19)20-5-2-6-20/h1,3-4,7-10,14,19-20,23H,2,5-6,11-13H2. The fraction of sp³-hybridized carbons (Fsp3) is 0.360. The van der Waals surface area contributed by atoms with Gasteiger partial charge in [-0.25, -0.2) is 9.07 Å². The molecule has 0 bridgehead atoms. The van der Waals surface area contributed by atoms with E-state index in [1.807, 2.05) is 12.1 Å². The van der Waals surface area contributed by atoms with Crippen LogP contribution in [0.1, 0.15) is 48.6 Å². The SMILES string of the molecule is Fc1cc(-c2nnc(C(F)F)o2)ccc1Cn1cc(-c2cccc(C3CN(C4CCC4)C3)c2)nn1. The number of hydrogen-bond donors (Lipinski definition) is 0. The smallest absolute Gasteiger partial charge is 0.314 e. The fourth-order valence-corrected chi connectivity index (χ4v) is 4.66. The first-order chi connectivity index (χ1) is 17.0. The number of benzene rings is 2. The molecule has 3 heterocycles. The summed E-state index contributed by atoms with van der Waals surface area (Å²) in [6, 6.07) is 13.5.